The van der Waals surface area contributed by atoms with Crippen molar-refractivity contribution in [2.75, 3.05) is 0 Å². The largest absolute Gasteiger partial charge is 1.00 e. The molecule has 1 fully saturated rings. The van der Waals surface area contributed by atoms with Gasteiger partial charge in [-0.2, -0.15) is 18.2 Å². The number of carbonyl (C=O) groups excluding carboxylic acids is 1. The molecule has 0 aromatic heterocycles. The number of rotatable bonds is 2. The third-order valence-corrected chi connectivity index (χ3v) is 5.11. The number of halogens is 1. The summed E-state index contributed by atoms with van der Waals surface area (Å²) in [5, 5.41) is 13.1. The van der Waals surface area contributed by atoms with Gasteiger partial charge in [-0.1, -0.05) is 34.1 Å². The van der Waals surface area contributed by atoms with Crippen LogP contribution in [0.4, 0.5) is 5.69 Å². The van der Waals surface area contributed by atoms with Gasteiger partial charge in [0.15, 0.2) is 5.17 Å². The number of carbonyl (C=O) groups is 2. The Bertz CT molecular complexity index is 1130. The fourth-order valence-electron chi connectivity index (χ4n) is 2.53. The molecule has 0 unspecified atom stereocenters. The maximum Gasteiger partial charge on any atom is 1.00 e. The van der Waals surface area contributed by atoms with Crippen LogP contribution in [0, 0.1) is 6.07 Å². The summed E-state index contributed by atoms with van der Waals surface area (Å²) in [7, 11) is 0. The normalized spacial score (nSPS) is 15.3. The number of aliphatic carboxylic acids is 1. The Hall–Kier alpha value is -1.90. The molecule has 0 bridgehead atoms. The van der Waals surface area contributed by atoms with Crippen molar-refractivity contribution in [3.05, 3.63) is 81.7 Å². The van der Waals surface area contributed by atoms with Crippen molar-refractivity contribution in [1.82, 2.24) is 5.32 Å². The standard InChI is InChI=1S/C20H12BrN2OS.C2H4O2.Na/c21-16-9-8-14-10-13(6-7-15(14)12-16)11-18-19(24)23-20(25-18)22-17-4-2-1-3-5-17;1-2(3)4;/h2-12H,(H,22,23,24);1H3,(H,3,4);/q-1;;+1. The second-order valence-electron chi connectivity index (χ2n) is 6.01. The van der Waals surface area contributed by atoms with E-state index in [0.29, 0.717) is 10.1 Å². The number of carboxylic acid groups (broad SMARTS) is 1. The molecule has 1 saturated heterocycles. The number of thioether (sulfide) groups is 1. The first-order chi connectivity index (χ1) is 13.9. The molecule has 8 heteroatoms. The number of amidine groups is 1. The molecule has 1 amide bonds. The van der Waals surface area contributed by atoms with Crippen LogP contribution in [0.3, 0.4) is 0 Å². The summed E-state index contributed by atoms with van der Waals surface area (Å²) in [5.74, 6) is -0.956. The van der Waals surface area contributed by atoms with E-state index in [9.17, 15) is 4.79 Å². The molecule has 3 aromatic carbocycles. The number of carboxylic acids is 1. The molecule has 146 valence electrons. The maximum atomic E-state index is 12.2. The molecular formula is C22H16BrN2NaO3S. The van der Waals surface area contributed by atoms with E-state index in [1.54, 1.807) is 12.1 Å². The zero-order valence-electron chi connectivity index (χ0n) is 16.3. The van der Waals surface area contributed by atoms with Crippen LogP contribution < -0.4 is 34.9 Å². The SMILES string of the molecule is CC(=O)O.O=C1NC(=Nc2cc[c-]cc2)SC1=Cc1ccc2cc(Br)ccc2c1.[Na+]. The van der Waals surface area contributed by atoms with Crippen molar-refractivity contribution >= 4 is 67.3 Å². The minimum absolute atomic E-state index is 0. The van der Waals surface area contributed by atoms with Crippen LogP contribution in [-0.4, -0.2) is 22.2 Å². The van der Waals surface area contributed by atoms with Crippen LogP contribution in [0.15, 0.2) is 75.0 Å². The quantitative estimate of drug-likeness (QED) is 0.328. The summed E-state index contributed by atoms with van der Waals surface area (Å²) in [5.41, 5.74) is 1.78. The van der Waals surface area contributed by atoms with Crippen LogP contribution >= 0.6 is 27.7 Å². The van der Waals surface area contributed by atoms with Crippen LogP contribution in [0.2, 0.25) is 0 Å². The molecule has 0 aliphatic carbocycles. The number of nitrogens with zero attached hydrogens (tertiary/aromatic N) is 1. The third-order valence-electron chi connectivity index (χ3n) is 3.71. The van der Waals surface area contributed by atoms with Gasteiger partial charge in [0.25, 0.3) is 11.9 Å². The van der Waals surface area contributed by atoms with Crippen LogP contribution in [0.5, 0.6) is 0 Å². The Morgan fingerprint density at radius 2 is 1.77 bits per heavy atom. The number of hydrogen-bond acceptors (Lipinski definition) is 4. The predicted octanol–water partition coefficient (Wildman–Crippen LogP) is 2.39. The average Bonchev–Trinajstić information content (AvgIpc) is 3.01. The first-order valence-corrected chi connectivity index (χ1v) is 10.2. The zero-order valence-corrected chi connectivity index (χ0v) is 20.8. The fraction of sp³-hybridized carbons (Fsp3) is 0.0455. The van der Waals surface area contributed by atoms with Gasteiger partial charge in [0.1, 0.15) is 0 Å². The van der Waals surface area contributed by atoms with Gasteiger partial charge in [0.2, 0.25) is 0 Å². The van der Waals surface area contributed by atoms with E-state index in [4.69, 9.17) is 9.90 Å². The number of benzene rings is 3. The summed E-state index contributed by atoms with van der Waals surface area (Å²) in [6.07, 6.45) is 1.89. The van der Waals surface area contributed by atoms with E-state index < -0.39 is 5.97 Å². The maximum absolute atomic E-state index is 12.2. The topological polar surface area (TPSA) is 78.8 Å². The van der Waals surface area contributed by atoms with Crippen LogP contribution in [-0.2, 0) is 9.59 Å². The monoisotopic (exact) mass is 490 g/mol. The van der Waals surface area contributed by atoms with Crippen molar-refractivity contribution < 1.29 is 44.3 Å². The molecule has 1 aliphatic heterocycles. The Kier molecular flexibility index (Phi) is 9.33. The Morgan fingerprint density at radius 3 is 2.47 bits per heavy atom. The first kappa shape index (κ1) is 24.4. The van der Waals surface area contributed by atoms with Gasteiger partial charge in [-0.3, -0.25) is 14.6 Å². The van der Waals surface area contributed by atoms with Gasteiger partial charge < -0.3 is 10.4 Å². The summed E-state index contributed by atoms with van der Waals surface area (Å²) >= 11 is 4.83. The van der Waals surface area contributed by atoms with Gasteiger partial charge >= 0.3 is 29.6 Å². The smallest absolute Gasteiger partial charge is 0.481 e. The molecule has 0 radical (unpaired) electrons. The number of fused-ring (bicyclic) bond motifs is 1. The second-order valence-corrected chi connectivity index (χ2v) is 7.96. The average molecular weight is 491 g/mol. The summed E-state index contributed by atoms with van der Waals surface area (Å²) in [6, 6.07) is 22.5. The van der Waals surface area contributed by atoms with E-state index in [1.165, 1.54) is 11.8 Å². The van der Waals surface area contributed by atoms with E-state index >= 15 is 0 Å². The van der Waals surface area contributed by atoms with Gasteiger partial charge in [-0.05, 0) is 58.1 Å². The minimum atomic E-state index is -0.833. The van der Waals surface area contributed by atoms with Crippen LogP contribution in [0.25, 0.3) is 16.8 Å². The summed E-state index contributed by atoms with van der Waals surface area (Å²) < 4.78 is 1.05. The molecular weight excluding hydrogens is 475 g/mol. The number of amides is 1. The molecule has 0 saturated carbocycles. The van der Waals surface area contributed by atoms with E-state index in [-0.39, 0.29) is 35.5 Å². The van der Waals surface area contributed by atoms with Crippen LogP contribution in [0.1, 0.15) is 12.5 Å². The van der Waals surface area contributed by atoms with Crippen molar-refractivity contribution in [3.8, 4) is 0 Å². The number of hydrogen-bond donors (Lipinski definition) is 2. The van der Waals surface area contributed by atoms with Crippen molar-refractivity contribution in [1.29, 1.82) is 0 Å². The van der Waals surface area contributed by atoms with Gasteiger partial charge in [0.05, 0.1) is 4.91 Å². The first-order valence-electron chi connectivity index (χ1n) is 8.55. The Morgan fingerprint density at radius 1 is 1.13 bits per heavy atom. The molecule has 4 rings (SSSR count). The summed E-state index contributed by atoms with van der Waals surface area (Å²) in [4.78, 5) is 26.3. The number of nitrogens with one attached hydrogen (secondary N) is 1. The van der Waals surface area contributed by atoms with Crippen molar-refractivity contribution in [3.63, 3.8) is 0 Å². The van der Waals surface area contributed by atoms with Gasteiger partial charge in [-0.15, -0.1) is 12.1 Å². The molecule has 3 aromatic rings. The Balaban J connectivity index is 0.000000591. The summed E-state index contributed by atoms with van der Waals surface area (Å²) in [6.45, 7) is 1.08. The molecule has 5 nitrogen and oxygen atoms in total. The van der Waals surface area contributed by atoms with Crippen molar-refractivity contribution in [2.45, 2.75) is 6.92 Å². The molecule has 30 heavy (non-hydrogen) atoms. The third kappa shape index (κ3) is 7.11. The zero-order chi connectivity index (χ0) is 20.8. The van der Waals surface area contributed by atoms with Crippen molar-refractivity contribution in [2.24, 2.45) is 4.99 Å². The fourth-order valence-corrected chi connectivity index (χ4v) is 3.75. The van der Waals surface area contributed by atoms with E-state index in [0.717, 1.165) is 33.4 Å². The Labute approximate surface area is 209 Å². The number of aliphatic imine (C=N–C) groups is 1. The molecule has 0 atom stereocenters. The molecule has 1 aliphatic rings. The van der Waals surface area contributed by atoms with E-state index in [1.807, 2.05) is 30.3 Å². The second kappa shape index (κ2) is 11.5. The molecule has 2 N–H and O–H groups in total. The molecule has 0 spiro atoms. The van der Waals surface area contributed by atoms with Gasteiger partial charge in [-0.25, -0.2) is 0 Å². The van der Waals surface area contributed by atoms with Gasteiger partial charge in [0, 0.05) is 11.4 Å². The predicted molar refractivity (Wildman–Crippen MR) is 121 cm³/mol. The minimum Gasteiger partial charge on any atom is -0.481 e. The van der Waals surface area contributed by atoms with E-state index in [2.05, 4.69) is 56.6 Å². The molecule has 1 heterocycles.